The van der Waals surface area contributed by atoms with Crippen LogP contribution in [0.15, 0.2) is 24.3 Å². The maximum atomic E-state index is 12.6. The van der Waals surface area contributed by atoms with Gasteiger partial charge in [0.2, 0.25) is 0 Å². The summed E-state index contributed by atoms with van der Waals surface area (Å²) >= 11 is 0. The zero-order chi connectivity index (χ0) is 18.7. The van der Waals surface area contributed by atoms with Gasteiger partial charge in [-0.2, -0.15) is 13.2 Å². The van der Waals surface area contributed by atoms with Crippen LogP contribution in [0.5, 0.6) is 0 Å². The number of nitrogens with one attached hydrogen (secondary N) is 2. The lowest BCUT2D eigenvalue weighted by Gasteiger charge is -2.10. The van der Waals surface area contributed by atoms with E-state index in [9.17, 15) is 22.8 Å². The highest BCUT2D eigenvalue weighted by Crippen LogP contribution is 2.30. The maximum Gasteiger partial charge on any atom is 0.416 e. The minimum absolute atomic E-state index is 0.0640. The summed E-state index contributed by atoms with van der Waals surface area (Å²) < 4.78 is 37.8. The van der Waals surface area contributed by atoms with Crippen LogP contribution in [0.4, 0.5) is 18.9 Å². The SMILES string of the molecule is CCCCCCCCCNC(=O)C(=O)Nc1cccc(C(F)(F)F)c1. The molecule has 0 aliphatic carbocycles. The number of alkyl halides is 3. The number of hydrogen-bond donors (Lipinski definition) is 2. The van der Waals surface area contributed by atoms with Gasteiger partial charge >= 0.3 is 18.0 Å². The molecule has 25 heavy (non-hydrogen) atoms. The third kappa shape index (κ3) is 8.56. The molecule has 0 spiro atoms. The molecule has 0 aliphatic rings. The summed E-state index contributed by atoms with van der Waals surface area (Å²) in [5, 5.41) is 4.65. The lowest BCUT2D eigenvalue weighted by atomic mass is 10.1. The lowest BCUT2D eigenvalue weighted by Crippen LogP contribution is -2.35. The Morgan fingerprint density at radius 3 is 2.24 bits per heavy atom. The van der Waals surface area contributed by atoms with Crippen LogP contribution in [0.2, 0.25) is 0 Å². The van der Waals surface area contributed by atoms with Gasteiger partial charge in [-0.15, -0.1) is 0 Å². The van der Waals surface area contributed by atoms with Gasteiger partial charge in [0.15, 0.2) is 0 Å². The molecule has 0 heterocycles. The Kier molecular flexibility index (Phi) is 9.02. The van der Waals surface area contributed by atoms with Gasteiger partial charge in [-0.05, 0) is 24.6 Å². The fraction of sp³-hybridized carbons (Fsp3) is 0.556. The van der Waals surface area contributed by atoms with Crippen molar-refractivity contribution < 1.29 is 22.8 Å². The van der Waals surface area contributed by atoms with E-state index in [0.29, 0.717) is 6.54 Å². The summed E-state index contributed by atoms with van der Waals surface area (Å²) in [4.78, 5) is 23.4. The Labute approximate surface area is 146 Å². The number of anilines is 1. The molecule has 2 amide bonds. The predicted molar refractivity (Wildman–Crippen MR) is 91.1 cm³/mol. The molecule has 0 saturated carbocycles. The number of amides is 2. The van der Waals surface area contributed by atoms with Crippen LogP contribution in [0, 0.1) is 0 Å². The molecule has 0 fully saturated rings. The first-order valence-corrected chi connectivity index (χ1v) is 8.61. The molecule has 0 unspecified atom stereocenters. The zero-order valence-electron chi connectivity index (χ0n) is 14.4. The van der Waals surface area contributed by atoms with E-state index in [-0.39, 0.29) is 5.69 Å². The molecule has 0 aliphatic heterocycles. The van der Waals surface area contributed by atoms with Crippen LogP contribution >= 0.6 is 0 Å². The minimum atomic E-state index is -4.50. The number of carbonyl (C=O) groups is 2. The Hall–Kier alpha value is -2.05. The van der Waals surface area contributed by atoms with Crippen molar-refractivity contribution in [3.8, 4) is 0 Å². The van der Waals surface area contributed by atoms with E-state index in [1.54, 1.807) is 0 Å². The van der Waals surface area contributed by atoms with Crippen molar-refractivity contribution in [1.82, 2.24) is 5.32 Å². The van der Waals surface area contributed by atoms with E-state index in [0.717, 1.165) is 37.8 Å². The fourth-order valence-corrected chi connectivity index (χ4v) is 2.33. The number of benzene rings is 1. The molecule has 1 rings (SSSR count). The molecule has 2 N–H and O–H groups in total. The van der Waals surface area contributed by atoms with Crippen molar-refractivity contribution in [2.24, 2.45) is 0 Å². The van der Waals surface area contributed by atoms with Crippen LogP contribution < -0.4 is 10.6 Å². The molecule has 0 radical (unpaired) electrons. The Morgan fingerprint density at radius 1 is 0.960 bits per heavy atom. The van der Waals surface area contributed by atoms with Crippen molar-refractivity contribution in [2.45, 2.75) is 58.0 Å². The van der Waals surface area contributed by atoms with E-state index in [1.165, 1.54) is 31.4 Å². The van der Waals surface area contributed by atoms with Gasteiger partial charge < -0.3 is 10.6 Å². The van der Waals surface area contributed by atoms with E-state index in [1.807, 2.05) is 0 Å². The Bertz CT molecular complexity index is 559. The second-order valence-corrected chi connectivity index (χ2v) is 5.91. The average Bonchev–Trinajstić information content (AvgIpc) is 2.56. The highest BCUT2D eigenvalue weighted by Gasteiger charge is 2.30. The van der Waals surface area contributed by atoms with Crippen LogP contribution in [0.1, 0.15) is 57.4 Å². The second kappa shape index (κ2) is 10.7. The highest BCUT2D eigenvalue weighted by atomic mass is 19.4. The van der Waals surface area contributed by atoms with E-state index in [4.69, 9.17) is 0 Å². The minimum Gasteiger partial charge on any atom is -0.348 e. The van der Waals surface area contributed by atoms with Gasteiger partial charge in [0.25, 0.3) is 0 Å². The van der Waals surface area contributed by atoms with Gasteiger partial charge in [-0.1, -0.05) is 51.5 Å². The summed E-state index contributed by atoms with van der Waals surface area (Å²) in [7, 11) is 0. The van der Waals surface area contributed by atoms with E-state index < -0.39 is 23.6 Å². The summed E-state index contributed by atoms with van der Waals surface area (Å²) in [6.07, 6.45) is 3.13. The van der Waals surface area contributed by atoms with E-state index >= 15 is 0 Å². The molecule has 0 bridgehead atoms. The third-order valence-corrected chi connectivity index (χ3v) is 3.72. The monoisotopic (exact) mass is 358 g/mol. The first kappa shape index (κ1) is 21.0. The topological polar surface area (TPSA) is 58.2 Å². The van der Waals surface area contributed by atoms with E-state index in [2.05, 4.69) is 17.6 Å². The van der Waals surface area contributed by atoms with Crippen molar-refractivity contribution in [3.63, 3.8) is 0 Å². The molecule has 7 heteroatoms. The van der Waals surface area contributed by atoms with Gasteiger partial charge in [-0.25, -0.2) is 0 Å². The number of hydrogen-bond acceptors (Lipinski definition) is 2. The quantitative estimate of drug-likeness (QED) is 0.504. The molecule has 0 saturated heterocycles. The first-order valence-electron chi connectivity index (χ1n) is 8.61. The molecule has 1 aromatic rings. The number of unbranched alkanes of at least 4 members (excludes halogenated alkanes) is 6. The number of carbonyl (C=O) groups excluding carboxylic acids is 2. The van der Waals surface area contributed by atoms with Crippen LogP contribution in [-0.2, 0) is 15.8 Å². The molecule has 4 nitrogen and oxygen atoms in total. The standard InChI is InChI=1S/C18H25F3N2O2/c1-2-3-4-5-6-7-8-12-22-16(24)17(25)23-15-11-9-10-14(13-15)18(19,20)21/h9-11,13H,2-8,12H2,1H3,(H,22,24)(H,23,25). The van der Waals surface area contributed by atoms with Gasteiger partial charge in [0.1, 0.15) is 0 Å². The summed E-state index contributed by atoms with van der Waals surface area (Å²) in [6, 6.07) is 4.17. The van der Waals surface area contributed by atoms with Gasteiger partial charge in [0.05, 0.1) is 5.56 Å². The highest BCUT2D eigenvalue weighted by molar-refractivity contribution is 6.39. The average molecular weight is 358 g/mol. The molecule has 0 aromatic heterocycles. The van der Waals surface area contributed by atoms with Crippen molar-refractivity contribution in [3.05, 3.63) is 29.8 Å². The summed E-state index contributed by atoms with van der Waals surface area (Å²) in [5.74, 6) is -1.81. The van der Waals surface area contributed by atoms with Crippen LogP contribution in [0.3, 0.4) is 0 Å². The normalized spacial score (nSPS) is 11.2. The molecular weight excluding hydrogens is 333 g/mol. The molecule has 1 aromatic carbocycles. The van der Waals surface area contributed by atoms with Gasteiger partial charge in [-0.3, -0.25) is 9.59 Å². The van der Waals surface area contributed by atoms with Gasteiger partial charge in [0, 0.05) is 12.2 Å². The zero-order valence-corrected chi connectivity index (χ0v) is 14.4. The lowest BCUT2D eigenvalue weighted by molar-refractivity contribution is -0.137. The number of rotatable bonds is 9. The first-order chi connectivity index (χ1) is 11.8. The van der Waals surface area contributed by atoms with Crippen molar-refractivity contribution in [2.75, 3.05) is 11.9 Å². The second-order valence-electron chi connectivity index (χ2n) is 5.91. The summed E-state index contributed by atoms with van der Waals surface area (Å²) in [6.45, 7) is 2.53. The third-order valence-electron chi connectivity index (χ3n) is 3.72. The maximum absolute atomic E-state index is 12.6. The van der Waals surface area contributed by atoms with Crippen molar-refractivity contribution in [1.29, 1.82) is 0 Å². The largest absolute Gasteiger partial charge is 0.416 e. The predicted octanol–water partition coefficient (Wildman–Crippen LogP) is 4.51. The Morgan fingerprint density at radius 2 is 1.60 bits per heavy atom. The van der Waals surface area contributed by atoms with Crippen LogP contribution in [0.25, 0.3) is 0 Å². The van der Waals surface area contributed by atoms with Crippen LogP contribution in [-0.4, -0.2) is 18.4 Å². The van der Waals surface area contributed by atoms with Crippen molar-refractivity contribution >= 4 is 17.5 Å². The Balaban J connectivity index is 2.30. The summed E-state index contributed by atoms with van der Waals surface area (Å²) in [5.41, 5.74) is -0.945. The number of halogens is 3. The fourth-order valence-electron chi connectivity index (χ4n) is 2.33. The smallest absolute Gasteiger partial charge is 0.348 e. The molecule has 0 atom stereocenters. The molecular formula is C18H25F3N2O2. The molecule has 140 valence electrons.